The van der Waals surface area contributed by atoms with Gasteiger partial charge in [-0.05, 0) is 58.2 Å². The topological polar surface area (TPSA) is 102 Å². The number of furan rings is 1. The molecular formula is C26H35N7O3. The first-order valence-electron chi connectivity index (χ1n) is 12.7. The highest BCUT2D eigenvalue weighted by atomic mass is 16.5. The highest BCUT2D eigenvalue weighted by Gasteiger charge is 2.37. The Bertz CT molecular complexity index is 1220. The van der Waals surface area contributed by atoms with E-state index >= 15 is 0 Å². The van der Waals surface area contributed by atoms with E-state index in [0.29, 0.717) is 41.8 Å². The lowest BCUT2D eigenvalue weighted by atomic mass is 10.1. The number of aryl methyl sites for hydroxylation is 3. The van der Waals surface area contributed by atoms with Gasteiger partial charge in [-0.25, -0.2) is 14.6 Å². The molecule has 1 N–H and O–H groups in total. The number of hydrogen-bond acceptors (Lipinski definition) is 8. The average Bonchev–Trinajstić information content (AvgIpc) is 3.50. The third-order valence-corrected chi connectivity index (χ3v) is 7.11. The summed E-state index contributed by atoms with van der Waals surface area (Å²) in [6, 6.07) is 8.51. The molecule has 2 bridgehead atoms. The van der Waals surface area contributed by atoms with Crippen LogP contribution in [0, 0.1) is 20.8 Å². The molecule has 0 aromatic carbocycles. The lowest BCUT2D eigenvalue weighted by Gasteiger charge is -2.28. The third kappa shape index (κ3) is 5.35. The van der Waals surface area contributed by atoms with Crippen LogP contribution in [-0.2, 0) is 9.53 Å². The van der Waals surface area contributed by atoms with Gasteiger partial charge in [0.1, 0.15) is 11.6 Å². The number of likely N-dealkylation sites (tertiary alicyclic amines) is 1. The molecule has 10 nitrogen and oxygen atoms in total. The van der Waals surface area contributed by atoms with E-state index in [0.717, 1.165) is 49.8 Å². The van der Waals surface area contributed by atoms with Gasteiger partial charge in [0, 0.05) is 50.6 Å². The maximum atomic E-state index is 13.1. The molecule has 36 heavy (non-hydrogen) atoms. The van der Waals surface area contributed by atoms with E-state index in [-0.39, 0.29) is 5.91 Å². The smallest absolute Gasteiger partial charge is 0.239 e. The predicted molar refractivity (Wildman–Crippen MR) is 136 cm³/mol. The molecule has 2 fully saturated rings. The summed E-state index contributed by atoms with van der Waals surface area (Å²) in [5.41, 5.74) is 1.84. The van der Waals surface area contributed by atoms with Crippen molar-refractivity contribution in [3.8, 4) is 17.4 Å². The SMILES string of the molecule is COCCN1C2CCC1CN(CC(=O)Nc1cc(-n3nc(C)cc3C)nc(-c3ccc(C)o3)n1)CC2. The molecule has 5 heterocycles. The highest BCUT2D eigenvalue weighted by molar-refractivity contribution is 5.91. The first-order chi connectivity index (χ1) is 17.4. The van der Waals surface area contributed by atoms with Gasteiger partial charge in [-0.15, -0.1) is 0 Å². The van der Waals surface area contributed by atoms with Gasteiger partial charge in [-0.1, -0.05) is 0 Å². The zero-order valence-electron chi connectivity index (χ0n) is 21.5. The number of nitrogens with one attached hydrogen (secondary N) is 1. The van der Waals surface area contributed by atoms with Crippen molar-refractivity contribution in [1.82, 2.24) is 29.5 Å². The summed E-state index contributed by atoms with van der Waals surface area (Å²) in [6.07, 6.45) is 3.49. The fraction of sp³-hybridized carbons (Fsp3) is 0.538. The fourth-order valence-electron chi connectivity index (χ4n) is 5.47. The van der Waals surface area contributed by atoms with E-state index in [1.54, 1.807) is 17.9 Å². The van der Waals surface area contributed by atoms with Crippen molar-refractivity contribution in [3.63, 3.8) is 0 Å². The number of hydrogen-bond donors (Lipinski definition) is 1. The van der Waals surface area contributed by atoms with Gasteiger partial charge in [0.2, 0.25) is 5.91 Å². The van der Waals surface area contributed by atoms with Crippen LogP contribution in [0.1, 0.15) is 36.4 Å². The van der Waals surface area contributed by atoms with Crippen LogP contribution < -0.4 is 5.32 Å². The summed E-state index contributed by atoms with van der Waals surface area (Å²) in [5, 5.41) is 7.56. The Hall–Kier alpha value is -3.08. The summed E-state index contributed by atoms with van der Waals surface area (Å²) in [4.78, 5) is 27.2. The van der Waals surface area contributed by atoms with Gasteiger partial charge in [0.25, 0.3) is 0 Å². The zero-order valence-corrected chi connectivity index (χ0v) is 21.5. The Kier molecular flexibility index (Phi) is 7.17. The number of carbonyl (C=O) groups excluding carboxylic acids is 1. The summed E-state index contributed by atoms with van der Waals surface area (Å²) in [6.45, 7) is 9.62. The molecule has 0 aliphatic carbocycles. The van der Waals surface area contributed by atoms with Crippen molar-refractivity contribution in [2.75, 3.05) is 45.2 Å². The summed E-state index contributed by atoms with van der Waals surface area (Å²) in [7, 11) is 1.75. The number of fused-ring (bicyclic) bond motifs is 2. The number of anilines is 1. The van der Waals surface area contributed by atoms with Crippen LogP contribution >= 0.6 is 0 Å². The van der Waals surface area contributed by atoms with E-state index in [2.05, 4.69) is 30.2 Å². The number of rotatable bonds is 8. The second-order valence-electron chi connectivity index (χ2n) is 9.87. The number of aromatic nitrogens is 4. The molecule has 3 aromatic rings. The Balaban J connectivity index is 1.33. The molecule has 0 radical (unpaired) electrons. The predicted octanol–water partition coefficient (Wildman–Crippen LogP) is 2.97. The third-order valence-electron chi connectivity index (χ3n) is 7.11. The molecular weight excluding hydrogens is 458 g/mol. The normalized spacial score (nSPS) is 20.6. The van der Waals surface area contributed by atoms with E-state index in [9.17, 15) is 4.79 Å². The summed E-state index contributed by atoms with van der Waals surface area (Å²) < 4.78 is 12.8. The van der Waals surface area contributed by atoms with Crippen LogP contribution in [0.2, 0.25) is 0 Å². The molecule has 5 rings (SSSR count). The number of amides is 1. The van der Waals surface area contributed by atoms with Gasteiger partial charge < -0.3 is 14.5 Å². The maximum absolute atomic E-state index is 13.1. The minimum Gasteiger partial charge on any atom is -0.458 e. The molecule has 2 aliphatic rings. The number of carbonyl (C=O) groups is 1. The van der Waals surface area contributed by atoms with E-state index in [1.807, 2.05) is 39.0 Å². The Morgan fingerprint density at radius 1 is 1.14 bits per heavy atom. The van der Waals surface area contributed by atoms with Gasteiger partial charge in [-0.3, -0.25) is 14.6 Å². The second kappa shape index (κ2) is 10.5. The van der Waals surface area contributed by atoms with Crippen LogP contribution in [0.4, 0.5) is 5.82 Å². The van der Waals surface area contributed by atoms with Gasteiger partial charge in [-0.2, -0.15) is 5.10 Å². The first kappa shape index (κ1) is 24.6. The second-order valence-corrected chi connectivity index (χ2v) is 9.87. The van der Waals surface area contributed by atoms with E-state index < -0.39 is 0 Å². The average molecular weight is 494 g/mol. The van der Waals surface area contributed by atoms with Crippen molar-refractivity contribution >= 4 is 11.7 Å². The number of methoxy groups -OCH3 is 1. The van der Waals surface area contributed by atoms with Crippen molar-refractivity contribution < 1.29 is 13.9 Å². The van der Waals surface area contributed by atoms with Gasteiger partial charge in [0.15, 0.2) is 17.4 Å². The Labute approximate surface area is 211 Å². The lowest BCUT2D eigenvalue weighted by molar-refractivity contribution is -0.117. The first-order valence-corrected chi connectivity index (χ1v) is 12.7. The van der Waals surface area contributed by atoms with E-state index in [4.69, 9.17) is 9.15 Å². The van der Waals surface area contributed by atoms with Crippen LogP contribution in [-0.4, -0.2) is 87.4 Å². The van der Waals surface area contributed by atoms with Gasteiger partial charge >= 0.3 is 0 Å². The van der Waals surface area contributed by atoms with Crippen molar-refractivity contribution in [3.05, 3.63) is 41.4 Å². The molecule has 2 aliphatic heterocycles. The molecule has 3 aromatic heterocycles. The minimum absolute atomic E-state index is 0.0872. The van der Waals surface area contributed by atoms with E-state index in [1.165, 1.54) is 12.8 Å². The molecule has 2 atom stereocenters. The minimum atomic E-state index is -0.0872. The molecule has 10 heteroatoms. The summed E-state index contributed by atoms with van der Waals surface area (Å²) >= 11 is 0. The number of nitrogens with zero attached hydrogens (tertiary/aromatic N) is 6. The molecule has 2 unspecified atom stereocenters. The molecule has 0 spiro atoms. The largest absolute Gasteiger partial charge is 0.458 e. The molecule has 192 valence electrons. The van der Waals surface area contributed by atoms with Crippen molar-refractivity contribution in [1.29, 1.82) is 0 Å². The Morgan fingerprint density at radius 3 is 2.69 bits per heavy atom. The quantitative estimate of drug-likeness (QED) is 0.511. The molecule has 1 amide bonds. The lowest BCUT2D eigenvalue weighted by Crippen LogP contribution is -2.42. The van der Waals surface area contributed by atoms with Crippen LogP contribution in [0.25, 0.3) is 17.4 Å². The van der Waals surface area contributed by atoms with Crippen LogP contribution in [0.15, 0.2) is 28.7 Å². The fourth-order valence-corrected chi connectivity index (χ4v) is 5.47. The summed E-state index contributed by atoms with van der Waals surface area (Å²) in [5.74, 6) is 2.65. The monoisotopic (exact) mass is 493 g/mol. The molecule has 2 saturated heterocycles. The van der Waals surface area contributed by atoms with Gasteiger partial charge in [0.05, 0.1) is 18.8 Å². The maximum Gasteiger partial charge on any atom is 0.239 e. The van der Waals surface area contributed by atoms with Crippen molar-refractivity contribution in [2.45, 2.75) is 52.1 Å². The Morgan fingerprint density at radius 2 is 1.97 bits per heavy atom. The number of ether oxygens (including phenoxy) is 1. The standard InChI is InChI=1S/C26H35N7O3/c1-17-13-18(2)33(30-17)24-14-23(28-26(29-24)22-8-5-19(3)36-22)27-25(34)16-31-10-9-20-6-7-21(15-31)32(20)11-12-35-4/h5,8,13-14,20-21H,6-7,9-12,15-16H2,1-4H3,(H,27,28,29,34). The van der Waals surface area contributed by atoms with Crippen molar-refractivity contribution in [2.24, 2.45) is 0 Å². The zero-order chi connectivity index (χ0) is 25.2. The van der Waals surface area contributed by atoms with Crippen LogP contribution in [0.3, 0.4) is 0 Å². The highest BCUT2D eigenvalue weighted by Crippen LogP contribution is 2.30. The molecule has 0 saturated carbocycles. The van der Waals surface area contributed by atoms with Crippen LogP contribution in [0.5, 0.6) is 0 Å².